The maximum atomic E-state index is 11.3. The van der Waals surface area contributed by atoms with Crippen molar-refractivity contribution in [1.29, 1.82) is 0 Å². The Bertz CT molecular complexity index is 1020. The van der Waals surface area contributed by atoms with Gasteiger partial charge in [-0.15, -0.1) is 0 Å². The lowest BCUT2D eigenvalue weighted by molar-refractivity contribution is -0.384. The summed E-state index contributed by atoms with van der Waals surface area (Å²) in [5.74, 6) is 0.844. The first-order chi connectivity index (χ1) is 12.1. The van der Waals surface area contributed by atoms with Crippen LogP contribution in [0.3, 0.4) is 0 Å². The van der Waals surface area contributed by atoms with E-state index in [1.54, 1.807) is 12.1 Å². The second-order valence-electron chi connectivity index (χ2n) is 6.02. The molecule has 0 amide bonds. The first-order valence-corrected chi connectivity index (χ1v) is 8.00. The Hall–Kier alpha value is -3.28. The molecule has 0 N–H and O–H groups in total. The van der Waals surface area contributed by atoms with Gasteiger partial charge in [0.15, 0.2) is 0 Å². The Morgan fingerprint density at radius 2 is 1.88 bits per heavy atom. The van der Waals surface area contributed by atoms with Crippen molar-refractivity contribution >= 4 is 11.4 Å². The smallest absolute Gasteiger partial charge is 0.270 e. The summed E-state index contributed by atoms with van der Waals surface area (Å²) in [4.78, 5) is 20.3. The highest BCUT2D eigenvalue weighted by atomic mass is 16.6. The Labute approximate surface area is 144 Å². The van der Waals surface area contributed by atoms with Crippen molar-refractivity contribution in [3.8, 4) is 5.69 Å². The first kappa shape index (κ1) is 15.3. The third-order valence-corrected chi connectivity index (χ3v) is 4.53. The third kappa shape index (κ3) is 2.42. The zero-order valence-electron chi connectivity index (χ0n) is 13.9. The van der Waals surface area contributed by atoms with Gasteiger partial charge in [-0.1, -0.05) is 30.3 Å². The van der Waals surface area contributed by atoms with E-state index in [4.69, 9.17) is 4.99 Å². The van der Waals surface area contributed by atoms with E-state index in [2.05, 4.69) is 4.98 Å². The fourth-order valence-corrected chi connectivity index (χ4v) is 3.21. The van der Waals surface area contributed by atoms with E-state index < -0.39 is 0 Å². The minimum Gasteiger partial charge on any atom is -0.298 e. The van der Waals surface area contributed by atoms with Gasteiger partial charge in [0.25, 0.3) is 5.69 Å². The maximum absolute atomic E-state index is 11.3. The van der Waals surface area contributed by atoms with Gasteiger partial charge in [0.05, 0.1) is 28.6 Å². The topological polar surface area (TPSA) is 73.3 Å². The van der Waals surface area contributed by atoms with E-state index in [1.807, 2.05) is 48.7 Å². The molecule has 1 aromatic heterocycles. The summed E-state index contributed by atoms with van der Waals surface area (Å²) in [5.41, 5.74) is 5.33. The first-order valence-electron chi connectivity index (χ1n) is 8.00. The molecule has 6 heteroatoms. The average molecular weight is 332 g/mol. The van der Waals surface area contributed by atoms with Crippen LogP contribution in [0.4, 0.5) is 5.69 Å². The predicted octanol–water partition coefficient (Wildman–Crippen LogP) is 3.75. The van der Waals surface area contributed by atoms with Crippen molar-refractivity contribution in [3.05, 3.63) is 87.0 Å². The molecular weight excluding hydrogens is 316 g/mol. The van der Waals surface area contributed by atoms with Gasteiger partial charge in [-0.3, -0.25) is 19.7 Å². The number of hydrogen-bond donors (Lipinski definition) is 0. The number of benzene rings is 2. The molecule has 6 nitrogen and oxygen atoms in total. The van der Waals surface area contributed by atoms with Gasteiger partial charge in [-0.2, -0.15) is 0 Å². The van der Waals surface area contributed by atoms with Crippen LogP contribution in [-0.4, -0.2) is 20.2 Å². The van der Waals surface area contributed by atoms with E-state index >= 15 is 0 Å². The number of aryl methyl sites for hydroxylation is 1. The van der Waals surface area contributed by atoms with Gasteiger partial charge in [0.2, 0.25) is 0 Å². The molecule has 4 rings (SSSR count). The number of imidazole rings is 1. The molecule has 0 unspecified atom stereocenters. The summed E-state index contributed by atoms with van der Waals surface area (Å²) < 4.78 is 2.05. The number of fused-ring (bicyclic) bond motifs is 3. The number of nitro groups is 1. The van der Waals surface area contributed by atoms with Crippen molar-refractivity contribution in [2.75, 3.05) is 0 Å². The van der Waals surface area contributed by atoms with E-state index in [0.717, 1.165) is 39.7 Å². The van der Waals surface area contributed by atoms with Crippen molar-refractivity contribution < 1.29 is 4.92 Å². The number of rotatable bonds is 2. The number of aliphatic imine (C=N–C) groups is 1. The summed E-state index contributed by atoms with van der Waals surface area (Å²) in [6, 6.07) is 14.7. The Kier molecular flexibility index (Phi) is 3.46. The molecule has 124 valence electrons. The monoisotopic (exact) mass is 332 g/mol. The van der Waals surface area contributed by atoms with Crippen LogP contribution in [-0.2, 0) is 6.54 Å². The summed E-state index contributed by atoms with van der Waals surface area (Å²) in [7, 11) is 0. The molecule has 2 aromatic carbocycles. The lowest BCUT2D eigenvalue weighted by Crippen LogP contribution is -2.09. The van der Waals surface area contributed by atoms with Crippen LogP contribution in [0.25, 0.3) is 5.69 Å². The molecule has 0 aliphatic carbocycles. The minimum atomic E-state index is -0.374. The van der Waals surface area contributed by atoms with Crippen molar-refractivity contribution in [2.24, 2.45) is 4.99 Å². The van der Waals surface area contributed by atoms with E-state index in [9.17, 15) is 10.1 Å². The van der Waals surface area contributed by atoms with Gasteiger partial charge < -0.3 is 0 Å². The summed E-state index contributed by atoms with van der Waals surface area (Å²) in [5, 5.41) is 11.3. The van der Waals surface area contributed by atoms with Crippen LogP contribution >= 0.6 is 0 Å². The molecule has 0 fully saturated rings. The molecule has 0 saturated carbocycles. The van der Waals surface area contributed by atoms with E-state index in [-0.39, 0.29) is 10.6 Å². The summed E-state index contributed by atoms with van der Waals surface area (Å²) in [6.45, 7) is 4.40. The predicted molar refractivity (Wildman–Crippen MR) is 95.5 cm³/mol. The lowest BCUT2D eigenvalue weighted by atomic mass is 9.99. The van der Waals surface area contributed by atoms with E-state index in [0.29, 0.717) is 6.54 Å². The highest BCUT2D eigenvalue weighted by Crippen LogP contribution is 2.30. The third-order valence-electron chi connectivity index (χ3n) is 4.53. The van der Waals surface area contributed by atoms with Gasteiger partial charge in [-0.25, -0.2) is 4.98 Å². The molecule has 0 radical (unpaired) electrons. The SMILES string of the molecule is Cc1nc2n(c1C)-c1ccc([N+](=O)[O-])cc1C(c1ccccc1)=NC2. The van der Waals surface area contributed by atoms with Gasteiger partial charge >= 0.3 is 0 Å². The highest BCUT2D eigenvalue weighted by molar-refractivity contribution is 6.15. The Balaban J connectivity index is 2.03. The number of hydrogen-bond acceptors (Lipinski definition) is 4. The fourth-order valence-electron chi connectivity index (χ4n) is 3.21. The zero-order valence-corrected chi connectivity index (χ0v) is 13.9. The van der Waals surface area contributed by atoms with Crippen LogP contribution in [0, 0.1) is 24.0 Å². The lowest BCUT2D eigenvalue weighted by Gasteiger charge is -2.13. The second-order valence-corrected chi connectivity index (χ2v) is 6.02. The highest BCUT2D eigenvalue weighted by Gasteiger charge is 2.24. The number of nitrogens with zero attached hydrogens (tertiary/aromatic N) is 4. The Morgan fingerprint density at radius 3 is 2.60 bits per heavy atom. The number of nitro benzene ring substituents is 1. The molecule has 0 spiro atoms. The number of non-ortho nitro benzene ring substituents is 1. The number of aromatic nitrogens is 2. The zero-order chi connectivity index (χ0) is 17.6. The van der Waals surface area contributed by atoms with Gasteiger partial charge in [-0.05, 0) is 19.9 Å². The molecule has 3 aromatic rings. The normalized spacial score (nSPS) is 12.8. The second kappa shape index (κ2) is 5.66. The van der Waals surface area contributed by atoms with Crippen LogP contribution < -0.4 is 0 Å². The quantitative estimate of drug-likeness (QED) is 0.530. The molecule has 0 saturated heterocycles. The van der Waals surface area contributed by atoms with Crippen LogP contribution in [0.15, 0.2) is 53.5 Å². The summed E-state index contributed by atoms with van der Waals surface area (Å²) >= 11 is 0. The van der Waals surface area contributed by atoms with E-state index in [1.165, 1.54) is 6.07 Å². The molecule has 1 aliphatic heterocycles. The maximum Gasteiger partial charge on any atom is 0.270 e. The minimum absolute atomic E-state index is 0.0559. The van der Waals surface area contributed by atoms with Crippen LogP contribution in [0.5, 0.6) is 0 Å². The standard InChI is InChI=1S/C19H16N4O2/c1-12-13(2)22-17-9-8-15(23(24)25)10-16(17)19(20-11-18(22)21-12)14-6-4-3-5-7-14/h3-10H,11H2,1-2H3. The van der Waals surface area contributed by atoms with Gasteiger partial charge in [0.1, 0.15) is 5.82 Å². The molecule has 0 atom stereocenters. The molecule has 1 aliphatic rings. The van der Waals surface area contributed by atoms with Crippen molar-refractivity contribution in [3.63, 3.8) is 0 Å². The van der Waals surface area contributed by atoms with Crippen molar-refractivity contribution in [1.82, 2.24) is 9.55 Å². The van der Waals surface area contributed by atoms with Gasteiger partial charge in [0, 0.05) is 29.0 Å². The van der Waals surface area contributed by atoms with Crippen molar-refractivity contribution in [2.45, 2.75) is 20.4 Å². The molecule has 0 bridgehead atoms. The molecular formula is C19H16N4O2. The van der Waals surface area contributed by atoms with Crippen LogP contribution in [0.1, 0.15) is 28.3 Å². The fraction of sp³-hybridized carbons (Fsp3) is 0.158. The molecule has 25 heavy (non-hydrogen) atoms. The molecule has 2 heterocycles. The average Bonchev–Trinajstić information content (AvgIpc) is 2.81. The van der Waals surface area contributed by atoms with Crippen LogP contribution in [0.2, 0.25) is 0 Å². The summed E-state index contributed by atoms with van der Waals surface area (Å²) in [6.07, 6.45) is 0. The largest absolute Gasteiger partial charge is 0.298 e. The Morgan fingerprint density at radius 1 is 1.12 bits per heavy atom.